The first-order valence-corrected chi connectivity index (χ1v) is 6.81. The van der Waals surface area contributed by atoms with E-state index in [9.17, 15) is 4.79 Å². The molecule has 2 rings (SSSR count). The largest absolute Gasteiger partial charge is 0.316 e. The van der Waals surface area contributed by atoms with Gasteiger partial charge in [0.25, 0.3) is 0 Å². The summed E-state index contributed by atoms with van der Waals surface area (Å²) in [4.78, 5) is 13.5. The van der Waals surface area contributed by atoms with E-state index in [1.165, 1.54) is 4.90 Å². The molecule has 0 bridgehead atoms. The van der Waals surface area contributed by atoms with Gasteiger partial charge in [-0.1, -0.05) is 29.3 Å². The Morgan fingerprint density at radius 2 is 1.90 bits per heavy atom. The van der Waals surface area contributed by atoms with Crippen LogP contribution in [0.25, 0.3) is 0 Å². The second kappa shape index (κ2) is 6.13. The highest BCUT2D eigenvalue weighted by Crippen LogP contribution is 2.49. The Morgan fingerprint density at radius 1 is 1.25 bits per heavy atom. The summed E-state index contributed by atoms with van der Waals surface area (Å²) >= 11 is 11.8. The van der Waals surface area contributed by atoms with Crippen LogP contribution in [0.3, 0.4) is 0 Å². The molecular weight excluding hydrogens is 297 g/mol. The summed E-state index contributed by atoms with van der Waals surface area (Å²) in [5.41, 5.74) is 0.964. The zero-order valence-corrected chi connectivity index (χ0v) is 12.0. The first kappa shape index (κ1) is 14.7. The van der Waals surface area contributed by atoms with E-state index in [0.717, 1.165) is 5.56 Å². The number of rotatable bonds is 4. The molecule has 4 nitrogen and oxygen atoms in total. The molecule has 2 atom stereocenters. The van der Waals surface area contributed by atoms with E-state index in [-0.39, 0.29) is 30.8 Å². The average Bonchev–Trinajstić information content (AvgIpc) is 3.21. The molecular formula is C14H11Cl2N3O. The average molecular weight is 308 g/mol. The van der Waals surface area contributed by atoms with Crippen LogP contribution in [-0.4, -0.2) is 23.9 Å². The van der Waals surface area contributed by atoms with Gasteiger partial charge in [0, 0.05) is 5.92 Å². The minimum atomic E-state index is -0.172. The van der Waals surface area contributed by atoms with Crippen molar-refractivity contribution >= 4 is 29.1 Å². The maximum atomic E-state index is 12.2. The van der Waals surface area contributed by atoms with Gasteiger partial charge in [0.1, 0.15) is 13.1 Å². The van der Waals surface area contributed by atoms with Crippen molar-refractivity contribution in [2.45, 2.75) is 12.3 Å². The molecule has 2 unspecified atom stereocenters. The standard InChI is InChI=1S/C14H11Cl2N3O/c15-12-2-1-9(7-13(12)16)10-8-11(10)14(20)19(5-3-17)6-4-18/h1-2,7,10-11H,5-6,8H2. The van der Waals surface area contributed by atoms with Gasteiger partial charge in [-0.2, -0.15) is 10.5 Å². The Balaban J connectivity index is 2.07. The summed E-state index contributed by atoms with van der Waals surface area (Å²) in [6, 6.07) is 9.13. The minimum absolute atomic E-state index is 0.0585. The highest BCUT2D eigenvalue weighted by molar-refractivity contribution is 6.42. The van der Waals surface area contributed by atoms with E-state index in [1.54, 1.807) is 12.1 Å². The van der Waals surface area contributed by atoms with Crippen molar-refractivity contribution < 1.29 is 4.79 Å². The predicted octanol–water partition coefficient (Wildman–Crippen LogP) is 2.97. The molecule has 1 aliphatic carbocycles. The third kappa shape index (κ3) is 3.04. The lowest BCUT2D eigenvalue weighted by molar-refractivity contribution is -0.131. The number of halogens is 2. The van der Waals surface area contributed by atoms with Gasteiger partial charge >= 0.3 is 0 Å². The molecule has 6 heteroatoms. The van der Waals surface area contributed by atoms with E-state index >= 15 is 0 Å². The topological polar surface area (TPSA) is 67.9 Å². The highest BCUT2D eigenvalue weighted by Gasteiger charge is 2.45. The van der Waals surface area contributed by atoms with Crippen LogP contribution in [0.4, 0.5) is 0 Å². The molecule has 0 radical (unpaired) electrons. The molecule has 102 valence electrons. The molecule has 1 saturated carbocycles. The summed E-state index contributed by atoms with van der Waals surface area (Å²) in [5.74, 6) is -0.227. The summed E-state index contributed by atoms with van der Waals surface area (Å²) < 4.78 is 0. The Labute approximate surface area is 127 Å². The number of hydrogen-bond donors (Lipinski definition) is 0. The van der Waals surface area contributed by atoms with Crippen molar-refractivity contribution in [1.82, 2.24) is 4.90 Å². The second-order valence-corrected chi connectivity index (χ2v) is 5.45. The quantitative estimate of drug-likeness (QED) is 0.803. The normalized spacial score (nSPS) is 19.8. The van der Waals surface area contributed by atoms with Crippen LogP contribution >= 0.6 is 23.2 Å². The van der Waals surface area contributed by atoms with Gasteiger partial charge in [-0.25, -0.2) is 0 Å². The molecule has 1 aromatic carbocycles. The predicted molar refractivity (Wildman–Crippen MR) is 75.1 cm³/mol. The molecule has 0 aromatic heterocycles. The van der Waals surface area contributed by atoms with E-state index in [4.69, 9.17) is 33.7 Å². The maximum Gasteiger partial charge on any atom is 0.228 e. The lowest BCUT2D eigenvalue weighted by atomic mass is 10.1. The molecule has 20 heavy (non-hydrogen) atoms. The Morgan fingerprint density at radius 3 is 2.45 bits per heavy atom. The van der Waals surface area contributed by atoms with Gasteiger partial charge in [0.15, 0.2) is 0 Å². The molecule has 1 fully saturated rings. The van der Waals surface area contributed by atoms with Crippen LogP contribution in [0, 0.1) is 28.6 Å². The van der Waals surface area contributed by atoms with Crippen molar-refractivity contribution in [2.24, 2.45) is 5.92 Å². The molecule has 0 N–H and O–H groups in total. The lowest BCUT2D eigenvalue weighted by Crippen LogP contribution is -2.33. The van der Waals surface area contributed by atoms with Crippen LogP contribution < -0.4 is 0 Å². The van der Waals surface area contributed by atoms with Crippen LogP contribution in [0.5, 0.6) is 0 Å². The van der Waals surface area contributed by atoms with Gasteiger partial charge in [0.05, 0.1) is 22.2 Å². The number of hydrogen-bond acceptors (Lipinski definition) is 3. The van der Waals surface area contributed by atoms with Crippen LogP contribution in [-0.2, 0) is 4.79 Å². The zero-order valence-electron chi connectivity index (χ0n) is 10.5. The number of carbonyl (C=O) groups is 1. The van der Waals surface area contributed by atoms with Crippen molar-refractivity contribution in [1.29, 1.82) is 10.5 Å². The van der Waals surface area contributed by atoms with Crippen molar-refractivity contribution in [3.63, 3.8) is 0 Å². The highest BCUT2D eigenvalue weighted by atomic mass is 35.5. The summed E-state index contributed by atoms with van der Waals surface area (Å²) in [6.45, 7) is -0.117. The fraction of sp³-hybridized carbons (Fsp3) is 0.357. The van der Waals surface area contributed by atoms with E-state index in [0.29, 0.717) is 16.5 Å². The number of nitrogens with zero attached hydrogens (tertiary/aromatic N) is 3. The Hall–Kier alpha value is -1.75. The van der Waals surface area contributed by atoms with Crippen molar-refractivity contribution in [2.75, 3.05) is 13.1 Å². The van der Waals surface area contributed by atoms with E-state index in [2.05, 4.69) is 0 Å². The number of amides is 1. The van der Waals surface area contributed by atoms with Gasteiger partial charge in [-0.15, -0.1) is 0 Å². The third-order valence-electron chi connectivity index (χ3n) is 3.31. The molecule has 0 aliphatic heterocycles. The fourth-order valence-electron chi connectivity index (χ4n) is 2.20. The smallest absolute Gasteiger partial charge is 0.228 e. The van der Waals surface area contributed by atoms with Gasteiger partial charge in [0.2, 0.25) is 5.91 Å². The molecule has 1 aliphatic rings. The van der Waals surface area contributed by atoms with Crippen LogP contribution in [0.15, 0.2) is 18.2 Å². The van der Waals surface area contributed by atoms with Gasteiger partial charge in [-0.3, -0.25) is 4.79 Å². The summed E-state index contributed by atoms with van der Waals surface area (Å²) in [5, 5.41) is 18.3. The van der Waals surface area contributed by atoms with Crippen molar-refractivity contribution in [3.05, 3.63) is 33.8 Å². The minimum Gasteiger partial charge on any atom is -0.316 e. The molecule has 1 aromatic rings. The van der Waals surface area contributed by atoms with E-state index < -0.39 is 0 Å². The molecule has 0 saturated heterocycles. The maximum absolute atomic E-state index is 12.2. The van der Waals surface area contributed by atoms with Crippen LogP contribution in [0.2, 0.25) is 10.0 Å². The number of nitriles is 2. The van der Waals surface area contributed by atoms with Crippen molar-refractivity contribution in [3.8, 4) is 12.1 Å². The molecule has 1 amide bonds. The summed E-state index contributed by atoms with van der Waals surface area (Å²) in [6.07, 6.45) is 0.712. The van der Waals surface area contributed by atoms with Crippen LogP contribution in [0.1, 0.15) is 17.9 Å². The zero-order chi connectivity index (χ0) is 14.7. The molecule has 0 heterocycles. The Bertz CT molecular complexity index is 602. The first-order valence-electron chi connectivity index (χ1n) is 6.06. The monoisotopic (exact) mass is 307 g/mol. The van der Waals surface area contributed by atoms with Gasteiger partial charge in [-0.05, 0) is 30.0 Å². The first-order chi connectivity index (χ1) is 9.58. The number of benzene rings is 1. The second-order valence-electron chi connectivity index (χ2n) is 4.63. The summed E-state index contributed by atoms with van der Waals surface area (Å²) in [7, 11) is 0. The lowest BCUT2D eigenvalue weighted by Gasteiger charge is -2.15. The Kier molecular flexibility index (Phi) is 4.49. The van der Waals surface area contributed by atoms with E-state index in [1.807, 2.05) is 18.2 Å². The third-order valence-corrected chi connectivity index (χ3v) is 4.05. The SMILES string of the molecule is N#CCN(CC#N)C(=O)C1CC1c1ccc(Cl)c(Cl)c1. The van der Waals surface area contributed by atoms with Gasteiger partial charge < -0.3 is 4.90 Å². The fourth-order valence-corrected chi connectivity index (χ4v) is 2.50. The molecule has 0 spiro atoms. The number of carbonyl (C=O) groups excluding carboxylic acids is 1.